The number of H-pyrrole nitrogens is 1. The zero-order valence-corrected chi connectivity index (χ0v) is 13.2. The lowest BCUT2D eigenvalue weighted by Crippen LogP contribution is -2.20. The molecule has 4 nitrogen and oxygen atoms in total. The van der Waals surface area contributed by atoms with Gasteiger partial charge in [0, 0.05) is 12.5 Å². The zero-order valence-electron chi connectivity index (χ0n) is 12.3. The summed E-state index contributed by atoms with van der Waals surface area (Å²) in [7, 11) is 0. The van der Waals surface area contributed by atoms with Gasteiger partial charge in [-0.2, -0.15) is 0 Å². The minimum absolute atomic E-state index is 0.00924. The van der Waals surface area contributed by atoms with Gasteiger partial charge in [0.25, 0.3) is 5.56 Å². The SMILES string of the molecule is CCC(=O)/C=c1\[nH]c(=O)/c(=C/c2ccc3c(c2)CCCO3)s1. The van der Waals surface area contributed by atoms with Crippen molar-refractivity contribution in [1.82, 2.24) is 4.98 Å². The molecule has 1 aliphatic heterocycles. The molecule has 2 aromatic rings. The van der Waals surface area contributed by atoms with E-state index in [2.05, 4.69) is 11.1 Å². The fraction of sp³-hybridized carbons (Fsp3) is 0.294. The number of fused-ring (bicyclic) bond motifs is 1. The molecule has 0 amide bonds. The number of aryl methyl sites for hydroxylation is 1. The van der Waals surface area contributed by atoms with Gasteiger partial charge in [-0.15, -0.1) is 11.3 Å². The average molecular weight is 315 g/mol. The van der Waals surface area contributed by atoms with E-state index in [1.807, 2.05) is 18.2 Å². The molecule has 0 aliphatic carbocycles. The summed E-state index contributed by atoms with van der Waals surface area (Å²) >= 11 is 1.30. The minimum Gasteiger partial charge on any atom is -0.493 e. The van der Waals surface area contributed by atoms with Gasteiger partial charge >= 0.3 is 0 Å². The topological polar surface area (TPSA) is 59.2 Å². The third-order valence-electron chi connectivity index (χ3n) is 3.55. The van der Waals surface area contributed by atoms with Crippen LogP contribution in [0, 0.1) is 0 Å². The Labute approximate surface area is 131 Å². The Balaban J connectivity index is 2.00. The second kappa shape index (κ2) is 6.32. The molecule has 0 radical (unpaired) electrons. The fourth-order valence-electron chi connectivity index (χ4n) is 2.39. The summed E-state index contributed by atoms with van der Waals surface area (Å²) in [6, 6.07) is 5.97. The molecule has 0 saturated heterocycles. The number of hydrogen-bond acceptors (Lipinski definition) is 4. The Hall–Kier alpha value is -2.14. The number of hydrogen-bond donors (Lipinski definition) is 1. The number of benzene rings is 1. The molecule has 1 aromatic carbocycles. The maximum absolute atomic E-state index is 12.0. The van der Waals surface area contributed by atoms with Gasteiger partial charge in [0.1, 0.15) is 5.75 Å². The first kappa shape index (κ1) is 14.8. The summed E-state index contributed by atoms with van der Waals surface area (Å²) in [4.78, 5) is 26.1. The van der Waals surface area contributed by atoms with Crippen LogP contribution in [-0.4, -0.2) is 17.4 Å². The number of carbonyl (C=O) groups excluding carboxylic acids is 1. The quantitative estimate of drug-likeness (QED) is 0.930. The molecule has 3 rings (SSSR count). The Morgan fingerprint density at radius 2 is 2.32 bits per heavy atom. The van der Waals surface area contributed by atoms with Crippen molar-refractivity contribution in [2.24, 2.45) is 0 Å². The number of ketones is 1. The first-order valence-electron chi connectivity index (χ1n) is 7.37. The maximum Gasteiger partial charge on any atom is 0.266 e. The van der Waals surface area contributed by atoms with E-state index in [1.54, 1.807) is 6.92 Å². The van der Waals surface area contributed by atoms with Crippen LogP contribution in [0.4, 0.5) is 0 Å². The summed E-state index contributed by atoms with van der Waals surface area (Å²) < 4.78 is 6.80. The number of carbonyl (C=O) groups is 1. The van der Waals surface area contributed by atoms with Gasteiger partial charge in [-0.05, 0) is 42.2 Å². The van der Waals surface area contributed by atoms with Crippen molar-refractivity contribution in [3.05, 3.63) is 48.9 Å². The lowest BCUT2D eigenvalue weighted by atomic mass is 10.0. The van der Waals surface area contributed by atoms with Crippen LogP contribution >= 0.6 is 11.3 Å². The van der Waals surface area contributed by atoms with Crippen LogP contribution in [0.1, 0.15) is 30.9 Å². The monoisotopic (exact) mass is 315 g/mol. The van der Waals surface area contributed by atoms with Crippen LogP contribution < -0.4 is 19.5 Å². The van der Waals surface area contributed by atoms with E-state index < -0.39 is 0 Å². The Bertz CT molecular complexity index is 876. The molecule has 5 heteroatoms. The third kappa shape index (κ3) is 3.20. The molecular formula is C17H17NO3S. The van der Waals surface area contributed by atoms with Gasteiger partial charge in [-0.25, -0.2) is 0 Å². The molecule has 0 spiro atoms. The summed E-state index contributed by atoms with van der Waals surface area (Å²) in [5, 5.41) is 0. The molecule has 0 fully saturated rings. The average Bonchev–Trinajstić information content (AvgIpc) is 2.86. The molecule has 114 valence electrons. The number of nitrogens with one attached hydrogen (secondary N) is 1. The Morgan fingerprint density at radius 3 is 3.14 bits per heavy atom. The van der Waals surface area contributed by atoms with E-state index in [-0.39, 0.29) is 11.3 Å². The second-order valence-corrected chi connectivity index (χ2v) is 6.30. The molecule has 1 aliphatic rings. The number of Topliss-reactive ketones (excluding diaryl/α,β-unsaturated/α-hetero) is 1. The summed E-state index contributed by atoms with van der Waals surface area (Å²) in [5.41, 5.74) is 2.00. The number of thiazole rings is 1. The number of rotatable bonds is 3. The van der Waals surface area contributed by atoms with Crippen molar-refractivity contribution in [1.29, 1.82) is 0 Å². The highest BCUT2D eigenvalue weighted by Crippen LogP contribution is 2.25. The lowest BCUT2D eigenvalue weighted by Gasteiger charge is -2.17. The number of ether oxygens (including phenoxy) is 1. The Kier molecular flexibility index (Phi) is 4.24. The van der Waals surface area contributed by atoms with Gasteiger partial charge in [-0.3, -0.25) is 9.59 Å². The predicted molar refractivity (Wildman–Crippen MR) is 87.8 cm³/mol. The smallest absolute Gasteiger partial charge is 0.266 e. The molecule has 0 saturated carbocycles. The van der Waals surface area contributed by atoms with E-state index in [1.165, 1.54) is 23.0 Å². The molecular weight excluding hydrogens is 298 g/mol. The number of aromatic amines is 1. The molecule has 1 aromatic heterocycles. The first-order valence-corrected chi connectivity index (χ1v) is 8.18. The van der Waals surface area contributed by atoms with Crippen LogP contribution in [0.3, 0.4) is 0 Å². The van der Waals surface area contributed by atoms with Crippen molar-refractivity contribution in [2.45, 2.75) is 26.2 Å². The molecule has 0 atom stereocenters. The summed E-state index contributed by atoms with van der Waals surface area (Å²) in [5.74, 6) is 0.945. The van der Waals surface area contributed by atoms with Crippen LogP contribution in [-0.2, 0) is 11.2 Å². The van der Waals surface area contributed by atoms with Crippen molar-refractivity contribution < 1.29 is 9.53 Å². The van der Waals surface area contributed by atoms with Crippen LogP contribution in [0.15, 0.2) is 23.0 Å². The van der Waals surface area contributed by atoms with Gasteiger partial charge in [0.15, 0.2) is 5.78 Å². The van der Waals surface area contributed by atoms with E-state index in [0.29, 0.717) is 15.6 Å². The maximum atomic E-state index is 12.0. The van der Waals surface area contributed by atoms with Crippen LogP contribution in [0.5, 0.6) is 5.75 Å². The molecule has 1 N–H and O–H groups in total. The normalized spacial score (nSPS) is 15.5. The molecule has 0 bridgehead atoms. The standard InChI is InChI=1S/C17H17NO3S/c1-2-13(19)10-16-18-17(20)15(22-16)9-11-5-6-14-12(8-11)4-3-7-21-14/h5-6,8-10H,2-4,7H2,1H3,(H,18,20)/b15-9-,16-10+. The van der Waals surface area contributed by atoms with E-state index in [0.717, 1.165) is 30.8 Å². The van der Waals surface area contributed by atoms with Gasteiger partial charge in [0.05, 0.1) is 15.8 Å². The van der Waals surface area contributed by atoms with Gasteiger partial charge in [-0.1, -0.05) is 13.0 Å². The van der Waals surface area contributed by atoms with Crippen molar-refractivity contribution in [3.63, 3.8) is 0 Å². The largest absolute Gasteiger partial charge is 0.493 e. The predicted octanol–water partition coefficient (Wildman–Crippen LogP) is 1.35. The van der Waals surface area contributed by atoms with Gasteiger partial charge in [0.2, 0.25) is 0 Å². The lowest BCUT2D eigenvalue weighted by molar-refractivity contribution is -0.113. The highest BCUT2D eigenvalue weighted by molar-refractivity contribution is 7.07. The van der Waals surface area contributed by atoms with E-state index >= 15 is 0 Å². The van der Waals surface area contributed by atoms with Crippen molar-refractivity contribution in [2.75, 3.05) is 6.61 Å². The summed E-state index contributed by atoms with van der Waals surface area (Å²) in [6.07, 6.45) is 5.80. The molecule has 22 heavy (non-hydrogen) atoms. The highest BCUT2D eigenvalue weighted by Gasteiger charge is 2.09. The minimum atomic E-state index is -0.158. The number of aromatic nitrogens is 1. The van der Waals surface area contributed by atoms with E-state index in [9.17, 15) is 9.59 Å². The van der Waals surface area contributed by atoms with E-state index in [4.69, 9.17) is 4.74 Å². The second-order valence-electron chi connectivity index (χ2n) is 5.21. The van der Waals surface area contributed by atoms with Crippen molar-refractivity contribution >= 4 is 29.3 Å². The summed E-state index contributed by atoms with van der Waals surface area (Å²) in [6.45, 7) is 2.57. The first-order chi connectivity index (χ1) is 10.7. The zero-order chi connectivity index (χ0) is 15.5. The third-order valence-corrected chi connectivity index (χ3v) is 4.51. The fourth-order valence-corrected chi connectivity index (χ4v) is 3.30. The highest BCUT2D eigenvalue weighted by atomic mass is 32.1. The Morgan fingerprint density at radius 1 is 1.45 bits per heavy atom. The van der Waals surface area contributed by atoms with Crippen LogP contribution in [0.25, 0.3) is 12.2 Å². The van der Waals surface area contributed by atoms with Crippen LogP contribution in [0.2, 0.25) is 0 Å². The molecule has 2 heterocycles. The molecule has 0 unspecified atom stereocenters. The van der Waals surface area contributed by atoms with Crippen molar-refractivity contribution in [3.8, 4) is 5.75 Å². The van der Waals surface area contributed by atoms with Gasteiger partial charge < -0.3 is 9.72 Å².